The first kappa shape index (κ1) is 9.07. The summed E-state index contributed by atoms with van der Waals surface area (Å²) in [4.78, 5) is 11.2. The molecule has 1 aromatic rings. The van der Waals surface area contributed by atoms with E-state index in [0.717, 1.165) is 0 Å². The van der Waals surface area contributed by atoms with Gasteiger partial charge in [-0.1, -0.05) is 17.7 Å². The summed E-state index contributed by atoms with van der Waals surface area (Å²) < 4.78 is 0. The lowest BCUT2D eigenvalue weighted by atomic mass is 10.2. The third kappa shape index (κ3) is 2.24. The number of hydrogen-bond acceptors (Lipinski definition) is 1. The molecule has 64 valence electrons. The zero-order valence-electron chi connectivity index (χ0n) is 6.80. The number of rotatable bonds is 2. The highest BCUT2D eigenvalue weighted by Crippen LogP contribution is 2.10. The molecule has 0 saturated carbocycles. The fraction of sp³-hybridized carbons (Fsp3) is 0.222. The van der Waals surface area contributed by atoms with Crippen LogP contribution in [-0.4, -0.2) is 12.5 Å². The van der Waals surface area contributed by atoms with Crippen LogP contribution in [0.25, 0.3) is 0 Å². The van der Waals surface area contributed by atoms with Crippen molar-refractivity contribution in [3.63, 3.8) is 0 Å². The van der Waals surface area contributed by atoms with Gasteiger partial charge < -0.3 is 5.32 Å². The Morgan fingerprint density at radius 1 is 1.58 bits per heavy atom. The molecular weight excluding hydrogens is 174 g/mol. The minimum Gasteiger partial charge on any atom is -0.352 e. The highest BCUT2D eigenvalue weighted by atomic mass is 35.5. The lowest BCUT2D eigenvalue weighted by Crippen LogP contribution is -2.22. The molecule has 1 N–H and O–H groups in total. The molecule has 1 amide bonds. The van der Waals surface area contributed by atoms with Crippen LogP contribution < -0.4 is 5.32 Å². The Labute approximate surface area is 76.5 Å². The van der Waals surface area contributed by atoms with Crippen molar-refractivity contribution in [2.24, 2.45) is 0 Å². The second kappa shape index (κ2) is 4.12. The van der Waals surface area contributed by atoms with E-state index >= 15 is 0 Å². The van der Waals surface area contributed by atoms with Gasteiger partial charge in [-0.3, -0.25) is 4.79 Å². The standard InChI is InChI=1S/C9H10ClNO/c1-2-11-9(12)7-4-3-5-8(10)6-7/h3-6H,2H2,1H3,(H,11,12). The zero-order chi connectivity index (χ0) is 8.97. The van der Waals surface area contributed by atoms with E-state index < -0.39 is 0 Å². The fourth-order valence-corrected chi connectivity index (χ4v) is 1.08. The topological polar surface area (TPSA) is 29.1 Å². The minimum absolute atomic E-state index is 0.0833. The third-order valence-corrected chi connectivity index (χ3v) is 1.66. The normalized spacial score (nSPS) is 9.50. The summed E-state index contributed by atoms with van der Waals surface area (Å²) in [5.41, 5.74) is 0.601. The van der Waals surface area contributed by atoms with Crippen molar-refractivity contribution in [3.05, 3.63) is 34.9 Å². The number of benzene rings is 1. The van der Waals surface area contributed by atoms with E-state index in [4.69, 9.17) is 11.6 Å². The van der Waals surface area contributed by atoms with Crippen molar-refractivity contribution in [2.45, 2.75) is 6.92 Å². The summed E-state index contributed by atoms with van der Waals surface area (Å²) in [6.45, 7) is 2.51. The van der Waals surface area contributed by atoms with Crippen molar-refractivity contribution < 1.29 is 4.79 Å². The van der Waals surface area contributed by atoms with E-state index in [1.165, 1.54) is 0 Å². The van der Waals surface area contributed by atoms with Gasteiger partial charge in [-0.2, -0.15) is 0 Å². The Morgan fingerprint density at radius 2 is 2.33 bits per heavy atom. The smallest absolute Gasteiger partial charge is 0.251 e. The van der Waals surface area contributed by atoms with Gasteiger partial charge in [0.15, 0.2) is 0 Å². The Morgan fingerprint density at radius 3 is 2.92 bits per heavy atom. The molecule has 0 aliphatic rings. The number of carbonyl (C=O) groups is 1. The summed E-state index contributed by atoms with van der Waals surface area (Å²) in [5, 5.41) is 3.27. The van der Waals surface area contributed by atoms with Gasteiger partial charge in [-0.15, -0.1) is 0 Å². The molecule has 0 fully saturated rings. The molecule has 0 atom stereocenters. The monoisotopic (exact) mass is 183 g/mol. The molecule has 0 unspecified atom stereocenters. The van der Waals surface area contributed by atoms with Crippen LogP contribution in [0.3, 0.4) is 0 Å². The fourth-order valence-electron chi connectivity index (χ4n) is 0.892. The quantitative estimate of drug-likeness (QED) is 0.748. The number of hydrogen-bond donors (Lipinski definition) is 1. The van der Waals surface area contributed by atoms with E-state index in [1.807, 2.05) is 6.92 Å². The average Bonchev–Trinajstić information content (AvgIpc) is 2.05. The summed E-state index contributed by atoms with van der Waals surface area (Å²) in [7, 11) is 0. The first-order chi connectivity index (χ1) is 5.74. The van der Waals surface area contributed by atoms with Crippen LogP contribution in [0.4, 0.5) is 0 Å². The van der Waals surface area contributed by atoms with Gasteiger partial charge in [-0.25, -0.2) is 0 Å². The van der Waals surface area contributed by atoms with Crippen LogP contribution in [0, 0.1) is 0 Å². The molecule has 3 heteroatoms. The molecule has 0 aliphatic heterocycles. The van der Waals surface area contributed by atoms with Crippen molar-refractivity contribution in [1.82, 2.24) is 5.32 Å². The van der Waals surface area contributed by atoms with Crippen molar-refractivity contribution in [1.29, 1.82) is 0 Å². The SMILES string of the molecule is CCNC(=O)c1cccc(Cl)c1. The molecule has 0 radical (unpaired) electrons. The molecule has 1 rings (SSSR count). The van der Waals surface area contributed by atoms with Gasteiger partial charge in [0.2, 0.25) is 0 Å². The Hall–Kier alpha value is -1.02. The number of nitrogens with one attached hydrogen (secondary N) is 1. The molecule has 1 aromatic carbocycles. The minimum atomic E-state index is -0.0833. The van der Waals surface area contributed by atoms with Crippen molar-refractivity contribution in [3.8, 4) is 0 Å². The van der Waals surface area contributed by atoms with E-state index in [9.17, 15) is 4.79 Å². The molecule has 0 heterocycles. The second-order valence-electron chi connectivity index (χ2n) is 2.37. The maximum absolute atomic E-state index is 11.2. The predicted molar refractivity (Wildman–Crippen MR) is 49.5 cm³/mol. The van der Waals surface area contributed by atoms with Gasteiger partial charge in [0.1, 0.15) is 0 Å². The highest BCUT2D eigenvalue weighted by Gasteiger charge is 2.02. The molecule has 0 bridgehead atoms. The largest absolute Gasteiger partial charge is 0.352 e. The number of amides is 1. The Kier molecular flexibility index (Phi) is 3.11. The molecule has 0 saturated heterocycles. The lowest BCUT2D eigenvalue weighted by molar-refractivity contribution is 0.0956. The van der Waals surface area contributed by atoms with Gasteiger partial charge in [0.25, 0.3) is 5.91 Å². The van der Waals surface area contributed by atoms with Crippen LogP contribution in [-0.2, 0) is 0 Å². The van der Waals surface area contributed by atoms with Gasteiger partial charge in [0, 0.05) is 17.1 Å². The molecule has 0 aromatic heterocycles. The summed E-state index contributed by atoms with van der Waals surface area (Å²) >= 11 is 5.71. The maximum atomic E-state index is 11.2. The Balaban J connectivity index is 2.81. The molecule has 0 spiro atoms. The maximum Gasteiger partial charge on any atom is 0.251 e. The second-order valence-corrected chi connectivity index (χ2v) is 2.81. The summed E-state index contributed by atoms with van der Waals surface area (Å²) in [6, 6.07) is 6.88. The molecule has 12 heavy (non-hydrogen) atoms. The first-order valence-corrected chi connectivity index (χ1v) is 4.15. The van der Waals surface area contributed by atoms with Gasteiger partial charge >= 0.3 is 0 Å². The molecule has 0 aliphatic carbocycles. The molecular formula is C9H10ClNO. The van der Waals surface area contributed by atoms with E-state index in [-0.39, 0.29) is 5.91 Å². The zero-order valence-corrected chi connectivity index (χ0v) is 7.56. The number of carbonyl (C=O) groups excluding carboxylic acids is 1. The lowest BCUT2D eigenvalue weighted by Gasteiger charge is -2.01. The van der Waals surface area contributed by atoms with Crippen molar-refractivity contribution >= 4 is 17.5 Å². The average molecular weight is 184 g/mol. The van der Waals surface area contributed by atoms with Crippen LogP contribution in [0.1, 0.15) is 17.3 Å². The summed E-state index contributed by atoms with van der Waals surface area (Å²) in [6.07, 6.45) is 0. The highest BCUT2D eigenvalue weighted by molar-refractivity contribution is 6.30. The van der Waals surface area contributed by atoms with Gasteiger partial charge in [-0.05, 0) is 25.1 Å². The van der Waals surface area contributed by atoms with E-state index in [2.05, 4.69) is 5.32 Å². The predicted octanol–water partition coefficient (Wildman–Crippen LogP) is 2.09. The first-order valence-electron chi connectivity index (χ1n) is 3.78. The van der Waals surface area contributed by atoms with Crippen molar-refractivity contribution in [2.75, 3.05) is 6.54 Å². The van der Waals surface area contributed by atoms with Gasteiger partial charge in [0.05, 0.1) is 0 Å². The van der Waals surface area contributed by atoms with Crippen LogP contribution >= 0.6 is 11.6 Å². The van der Waals surface area contributed by atoms with E-state index in [0.29, 0.717) is 17.1 Å². The van der Waals surface area contributed by atoms with Crippen LogP contribution in [0.2, 0.25) is 5.02 Å². The number of halogens is 1. The van der Waals surface area contributed by atoms with Crippen LogP contribution in [0.5, 0.6) is 0 Å². The third-order valence-electron chi connectivity index (χ3n) is 1.42. The van der Waals surface area contributed by atoms with E-state index in [1.54, 1.807) is 24.3 Å². The molecule has 2 nitrogen and oxygen atoms in total. The van der Waals surface area contributed by atoms with Crippen LogP contribution in [0.15, 0.2) is 24.3 Å². The summed E-state index contributed by atoms with van der Waals surface area (Å²) in [5.74, 6) is -0.0833. The Bertz CT molecular complexity index is 286.